The second kappa shape index (κ2) is 1.09. The molecule has 0 atom stereocenters. The van der Waals surface area contributed by atoms with Crippen LogP contribution < -0.4 is 0 Å². The quantitative estimate of drug-likeness (QED) is 0.455. The van der Waals surface area contributed by atoms with Gasteiger partial charge in [0.15, 0.2) is 0 Å². The largest absolute Gasteiger partial charge is 0.308 e. The Morgan fingerprint density at radius 3 is 2.33 bits per heavy atom. The molecule has 6 heavy (non-hydrogen) atoms. The molecule has 1 heteroatoms. The van der Waals surface area contributed by atoms with Gasteiger partial charge in [0.2, 0.25) is 0 Å². The first-order valence-corrected chi connectivity index (χ1v) is 1.82. The zero-order chi connectivity index (χ0) is 4.41. The third-order valence-corrected chi connectivity index (χ3v) is 0.744. The van der Waals surface area contributed by atoms with Crippen molar-refractivity contribution in [2.24, 2.45) is 0 Å². The van der Waals surface area contributed by atoms with E-state index in [1.807, 2.05) is 18.2 Å². The third kappa shape index (κ3) is 0.285. The first-order chi connectivity index (χ1) is 2.93. The van der Waals surface area contributed by atoms with Gasteiger partial charge in [0.25, 0.3) is 0 Å². The van der Waals surface area contributed by atoms with E-state index < -0.39 is 0 Å². The number of nitrogens with one attached hydrogen (secondary N) is 1. The Balaban J connectivity index is 2.57. The minimum Gasteiger partial charge on any atom is -0.308 e. The summed E-state index contributed by atoms with van der Waals surface area (Å²) < 4.78 is 0. The zero-order valence-electron chi connectivity index (χ0n) is 3.31. The topological polar surface area (TPSA) is 23.9 Å². The van der Waals surface area contributed by atoms with Crippen LogP contribution in [0.15, 0.2) is 23.8 Å². The van der Waals surface area contributed by atoms with Crippen LogP contribution in [-0.4, -0.2) is 6.21 Å². The third-order valence-electron chi connectivity index (χ3n) is 0.744. The lowest BCUT2D eigenvalue weighted by Gasteiger charge is -1.93. The monoisotopic (exact) mass is 79.0 g/mol. The minimum absolute atomic E-state index is 1.01. The van der Waals surface area contributed by atoms with Gasteiger partial charge in [-0.25, -0.2) is 0 Å². The SMILES string of the molecule is N=CC1=CC=C1. The molecule has 0 heterocycles. The predicted octanol–water partition coefficient (Wildman–Crippen LogP) is 1.13. The molecule has 0 saturated heterocycles. The average Bonchev–Trinajstić information content (AvgIpc) is 1.31. The highest BCUT2D eigenvalue weighted by Crippen LogP contribution is 2.01. The van der Waals surface area contributed by atoms with Crippen molar-refractivity contribution in [1.29, 1.82) is 5.41 Å². The maximum atomic E-state index is 6.62. The van der Waals surface area contributed by atoms with Gasteiger partial charge >= 0.3 is 0 Å². The van der Waals surface area contributed by atoms with E-state index in [4.69, 9.17) is 5.41 Å². The van der Waals surface area contributed by atoms with Gasteiger partial charge < -0.3 is 5.41 Å². The summed E-state index contributed by atoms with van der Waals surface area (Å²) in [5.41, 5.74) is 1.01. The second-order valence-electron chi connectivity index (χ2n) is 1.17. The number of hydrogen-bond donors (Lipinski definition) is 1. The van der Waals surface area contributed by atoms with Crippen molar-refractivity contribution in [3.8, 4) is 0 Å². The molecule has 30 valence electrons. The lowest BCUT2D eigenvalue weighted by atomic mass is 10.1. The number of rotatable bonds is 1. The minimum atomic E-state index is 1.01. The number of allylic oxidation sites excluding steroid dienone is 4. The molecule has 0 fully saturated rings. The van der Waals surface area contributed by atoms with Crippen LogP contribution in [0.25, 0.3) is 0 Å². The highest BCUT2D eigenvalue weighted by atomic mass is 14.3. The maximum Gasteiger partial charge on any atom is 0.0250 e. The summed E-state index contributed by atoms with van der Waals surface area (Å²) in [5.74, 6) is 0. The van der Waals surface area contributed by atoms with E-state index in [0.29, 0.717) is 0 Å². The summed E-state index contributed by atoms with van der Waals surface area (Å²) in [4.78, 5) is 0. The van der Waals surface area contributed by atoms with E-state index in [0.717, 1.165) is 5.57 Å². The highest BCUT2D eigenvalue weighted by molar-refractivity contribution is 5.83. The molecule has 0 bridgehead atoms. The molecule has 0 aromatic heterocycles. The molecule has 1 N–H and O–H groups in total. The Bertz CT molecular complexity index is 116. The van der Waals surface area contributed by atoms with Crippen molar-refractivity contribution < 1.29 is 0 Å². The van der Waals surface area contributed by atoms with Crippen LogP contribution in [-0.2, 0) is 0 Å². The lowest BCUT2D eigenvalue weighted by Crippen LogP contribution is -1.81. The van der Waals surface area contributed by atoms with Gasteiger partial charge in [-0.05, 0) is 5.57 Å². The van der Waals surface area contributed by atoms with Gasteiger partial charge in [0.05, 0.1) is 0 Å². The van der Waals surface area contributed by atoms with E-state index in [1.54, 1.807) is 0 Å². The van der Waals surface area contributed by atoms with Gasteiger partial charge in [-0.3, -0.25) is 0 Å². The van der Waals surface area contributed by atoms with Crippen LogP contribution in [0.4, 0.5) is 0 Å². The zero-order valence-corrected chi connectivity index (χ0v) is 3.31. The summed E-state index contributed by atoms with van der Waals surface area (Å²) in [6.07, 6.45) is 7.04. The highest BCUT2D eigenvalue weighted by Gasteiger charge is 1.87. The Morgan fingerprint density at radius 1 is 1.67 bits per heavy atom. The first-order valence-electron chi connectivity index (χ1n) is 1.82. The molecule has 0 spiro atoms. The van der Waals surface area contributed by atoms with Crippen molar-refractivity contribution >= 4 is 6.21 Å². The van der Waals surface area contributed by atoms with Gasteiger partial charge in [-0.2, -0.15) is 0 Å². The molecular weight excluding hydrogens is 74.1 g/mol. The molecule has 1 rings (SSSR count). The summed E-state index contributed by atoms with van der Waals surface area (Å²) in [6, 6.07) is 0. The van der Waals surface area contributed by atoms with Crippen LogP contribution in [0, 0.1) is 5.41 Å². The molecule has 0 radical (unpaired) electrons. The molecule has 0 amide bonds. The summed E-state index contributed by atoms with van der Waals surface area (Å²) >= 11 is 0. The fourth-order valence-corrected chi connectivity index (χ4v) is 0.304. The van der Waals surface area contributed by atoms with Crippen LogP contribution >= 0.6 is 0 Å². The molecular formula is C5H5N. The standard InChI is InChI=1S/C5H5N/c6-4-5-2-1-3-5/h1-4,6H. The molecule has 0 unspecified atom stereocenters. The fraction of sp³-hybridized carbons (Fsp3) is 0. The Hall–Kier alpha value is -0.850. The van der Waals surface area contributed by atoms with Gasteiger partial charge in [0, 0.05) is 6.21 Å². The Morgan fingerprint density at radius 2 is 2.33 bits per heavy atom. The molecule has 1 aliphatic rings. The van der Waals surface area contributed by atoms with Gasteiger partial charge in [-0.15, -0.1) is 0 Å². The summed E-state index contributed by atoms with van der Waals surface area (Å²) in [5, 5.41) is 6.62. The van der Waals surface area contributed by atoms with Crippen LogP contribution in [0.2, 0.25) is 0 Å². The van der Waals surface area contributed by atoms with Crippen molar-refractivity contribution in [3.05, 3.63) is 23.8 Å². The van der Waals surface area contributed by atoms with Crippen molar-refractivity contribution in [3.63, 3.8) is 0 Å². The van der Waals surface area contributed by atoms with Crippen molar-refractivity contribution in [2.75, 3.05) is 0 Å². The Labute approximate surface area is 36.5 Å². The Kier molecular flexibility index (Phi) is 0.607. The van der Waals surface area contributed by atoms with Crippen molar-refractivity contribution in [2.45, 2.75) is 0 Å². The second-order valence-corrected chi connectivity index (χ2v) is 1.17. The average molecular weight is 79.1 g/mol. The van der Waals surface area contributed by atoms with E-state index in [9.17, 15) is 0 Å². The van der Waals surface area contributed by atoms with Crippen LogP contribution in [0.3, 0.4) is 0 Å². The van der Waals surface area contributed by atoms with Crippen molar-refractivity contribution in [1.82, 2.24) is 0 Å². The van der Waals surface area contributed by atoms with E-state index in [1.165, 1.54) is 6.21 Å². The molecule has 0 aliphatic heterocycles. The van der Waals surface area contributed by atoms with Gasteiger partial charge in [0.1, 0.15) is 0 Å². The molecule has 0 aromatic carbocycles. The summed E-state index contributed by atoms with van der Waals surface area (Å²) in [7, 11) is 0. The molecule has 0 saturated carbocycles. The summed E-state index contributed by atoms with van der Waals surface area (Å²) in [6.45, 7) is 0. The van der Waals surface area contributed by atoms with E-state index >= 15 is 0 Å². The fourth-order valence-electron chi connectivity index (χ4n) is 0.304. The normalized spacial score (nSPS) is 15.7. The van der Waals surface area contributed by atoms with Crippen LogP contribution in [0.5, 0.6) is 0 Å². The predicted molar refractivity (Wildman–Crippen MR) is 26.0 cm³/mol. The van der Waals surface area contributed by atoms with E-state index in [-0.39, 0.29) is 0 Å². The number of hydrogen-bond acceptors (Lipinski definition) is 1. The molecule has 1 aliphatic carbocycles. The molecule has 0 aromatic rings. The molecule has 1 nitrogen and oxygen atoms in total. The smallest absolute Gasteiger partial charge is 0.0250 e. The maximum absolute atomic E-state index is 6.62. The first kappa shape index (κ1) is 3.34. The van der Waals surface area contributed by atoms with E-state index in [2.05, 4.69) is 0 Å². The van der Waals surface area contributed by atoms with Gasteiger partial charge in [-0.1, -0.05) is 18.2 Å². The lowest BCUT2D eigenvalue weighted by molar-refractivity contribution is 1.53. The van der Waals surface area contributed by atoms with Crippen LogP contribution in [0.1, 0.15) is 0 Å².